The Morgan fingerprint density at radius 3 is 0.814 bits per heavy atom. The van der Waals surface area contributed by atoms with Gasteiger partial charge in [-0.25, -0.2) is 0 Å². The van der Waals surface area contributed by atoms with Crippen LogP contribution >= 0.6 is 0 Å². The SMILES string of the molecule is FC(F)(F)C(F)(F)C(F)(F)C(F)(F)C(F)(F)CC1(COCC2(CC(F)(F)C(F)(F)C(F)(F)C(F)(F)C(F)(F)F)CO2)CO1. The Balaban J connectivity index is 2.15. The van der Waals surface area contributed by atoms with E-state index in [0.29, 0.717) is 0 Å². The summed E-state index contributed by atoms with van der Waals surface area (Å²) in [5.41, 5.74) is -5.91. The van der Waals surface area contributed by atoms with Crippen LogP contribution < -0.4 is 0 Å². The van der Waals surface area contributed by atoms with Crippen molar-refractivity contribution in [2.75, 3.05) is 26.4 Å². The van der Waals surface area contributed by atoms with Crippen molar-refractivity contribution in [3.8, 4) is 0 Å². The summed E-state index contributed by atoms with van der Waals surface area (Å²) >= 11 is 0. The summed E-state index contributed by atoms with van der Waals surface area (Å²) in [7, 11) is 0. The number of alkyl halides is 22. The topological polar surface area (TPSA) is 34.3 Å². The average molecular weight is 694 g/mol. The fraction of sp³-hybridized carbons (Fsp3) is 1.00. The number of ether oxygens (including phenoxy) is 3. The number of halogens is 22. The maximum Gasteiger partial charge on any atom is 0.460 e. The van der Waals surface area contributed by atoms with Gasteiger partial charge in [0.05, 0.1) is 39.3 Å². The van der Waals surface area contributed by atoms with Gasteiger partial charge in [-0.2, -0.15) is 96.6 Å². The van der Waals surface area contributed by atoms with E-state index in [4.69, 9.17) is 0 Å². The molecule has 2 rings (SSSR count). The Bertz CT molecular complexity index is 939. The van der Waals surface area contributed by atoms with E-state index >= 15 is 0 Å². The zero-order chi connectivity index (χ0) is 34.4. The van der Waals surface area contributed by atoms with Crippen molar-refractivity contribution in [3.05, 3.63) is 0 Å². The summed E-state index contributed by atoms with van der Waals surface area (Å²) in [5.74, 6) is -58.9. The first kappa shape index (κ1) is 37.5. The third-order valence-corrected chi connectivity index (χ3v) is 6.13. The number of hydrogen-bond donors (Lipinski definition) is 0. The maximum atomic E-state index is 14.0. The third-order valence-electron chi connectivity index (χ3n) is 6.13. The highest BCUT2D eigenvalue weighted by molar-refractivity contribution is 5.11. The molecule has 3 nitrogen and oxygen atoms in total. The molecule has 0 N–H and O–H groups in total. The molecule has 25 heteroatoms. The molecule has 0 aromatic heterocycles. The molecule has 2 fully saturated rings. The van der Waals surface area contributed by atoms with E-state index in [-0.39, 0.29) is 0 Å². The van der Waals surface area contributed by atoms with Crippen LogP contribution in [0.4, 0.5) is 96.6 Å². The van der Waals surface area contributed by atoms with Crippen LogP contribution in [0.2, 0.25) is 0 Å². The Kier molecular flexibility index (Phi) is 8.66. The van der Waals surface area contributed by atoms with Gasteiger partial charge in [-0.05, 0) is 0 Å². The molecule has 0 aromatic rings. The lowest BCUT2D eigenvalue weighted by atomic mass is 9.91. The van der Waals surface area contributed by atoms with E-state index in [1.54, 1.807) is 0 Å². The van der Waals surface area contributed by atoms with Crippen LogP contribution in [0.5, 0.6) is 0 Å². The molecule has 0 radical (unpaired) electrons. The molecule has 0 aliphatic carbocycles. The monoisotopic (exact) mass is 694 g/mol. The van der Waals surface area contributed by atoms with Crippen LogP contribution in [-0.2, 0) is 14.2 Å². The van der Waals surface area contributed by atoms with Crippen LogP contribution in [0.1, 0.15) is 12.8 Å². The fourth-order valence-corrected chi connectivity index (χ4v) is 3.34. The highest BCUT2D eigenvalue weighted by atomic mass is 19.4. The maximum absolute atomic E-state index is 14.0. The van der Waals surface area contributed by atoms with Gasteiger partial charge in [0.25, 0.3) is 0 Å². The van der Waals surface area contributed by atoms with Crippen molar-refractivity contribution in [1.29, 1.82) is 0 Å². The van der Waals surface area contributed by atoms with Crippen LogP contribution in [-0.4, -0.2) is 97.4 Å². The second kappa shape index (κ2) is 9.92. The number of rotatable bonds is 14. The van der Waals surface area contributed by atoms with Crippen molar-refractivity contribution in [2.45, 2.75) is 83.8 Å². The molecule has 0 amide bonds. The Labute approximate surface area is 222 Å². The molecular weight excluding hydrogens is 682 g/mol. The summed E-state index contributed by atoms with van der Waals surface area (Å²) < 4.78 is 302. The first-order chi connectivity index (χ1) is 18.5. The molecule has 0 aromatic carbocycles. The van der Waals surface area contributed by atoms with E-state index in [1.807, 2.05) is 0 Å². The summed E-state index contributed by atoms with van der Waals surface area (Å²) in [6.45, 7) is -5.81. The minimum Gasteiger partial charge on any atom is -0.375 e. The smallest absolute Gasteiger partial charge is 0.375 e. The van der Waals surface area contributed by atoms with Crippen LogP contribution in [0.15, 0.2) is 0 Å². The first-order valence-electron chi connectivity index (χ1n) is 10.5. The Morgan fingerprint density at radius 2 is 0.628 bits per heavy atom. The summed E-state index contributed by atoms with van der Waals surface area (Å²) in [5, 5.41) is 0. The van der Waals surface area contributed by atoms with Gasteiger partial charge in [0, 0.05) is 0 Å². The normalized spacial score (nSPS) is 25.3. The van der Waals surface area contributed by atoms with Gasteiger partial charge in [-0.1, -0.05) is 0 Å². The summed E-state index contributed by atoms with van der Waals surface area (Å²) in [6.07, 6.45) is -20.6. The molecule has 0 bridgehead atoms. The Morgan fingerprint density at radius 1 is 0.395 bits per heavy atom. The largest absolute Gasteiger partial charge is 0.460 e. The first-order valence-corrected chi connectivity index (χ1v) is 10.5. The minimum absolute atomic E-state index is 1.24. The molecule has 2 atom stereocenters. The van der Waals surface area contributed by atoms with Gasteiger partial charge in [0.2, 0.25) is 0 Å². The molecule has 2 heterocycles. The van der Waals surface area contributed by atoms with Crippen LogP contribution in [0, 0.1) is 0 Å². The minimum atomic E-state index is -7.79. The second-order valence-corrected chi connectivity index (χ2v) is 9.64. The van der Waals surface area contributed by atoms with Gasteiger partial charge in [0.15, 0.2) is 0 Å². The standard InChI is InChI=1S/C18H12F22O3/c19-9(20,11(23,24)13(27,28)15(31,32)17(35,36)37)1-7(5-42-7)3-41-4-8(6-43-8)2-10(21,22)12(25,26)14(29,30)16(33,34)18(38,39)40/h1-6H2. The van der Waals surface area contributed by atoms with Gasteiger partial charge in [-0.15, -0.1) is 0 Å². The van der Waals surface area contributed by atoms with Gasteiger partial charge >= 0.3 is 59.7 Å². The molecule has 43 heavy (non-hydrogen) atoms. The lowest BCUT2D eigenvalue weighted by Gasteiger charge is -2.38. The molecule has 256 valence electrons. The molecule has 2 unspecified atom stereocenters. The van der Waals surface area contributed by atoms with Crippen molar-refractivity contribution in [1.82, 2.24) is 0 Å². The lowest BCUT2D eigenvalue weighted by Crippen LogP contribution is -2.67. The van der Waals surface area contributed by atoms with Crippen LogP contribution in [0.25, 0.3) is 0 Å². The van der Waals surface area contributed by atoms with Crippen LogP contribution in [0.3, 0.4) is 0 Å². The summed E-state index contributed by atoms with van der Waals surface area (Å²) in [6, 6.07) is 0. The third kappa shape index (κ3) is 5.89. The average Bonchev–Trinajstić information content (AvgIpc) is 3.70. The van der Waals surface area contributed by atoms with Gasteiger partial charge in [0.1, 0.15) is 11.2 Å². The molecule has 0 saturated carbocycles. The second-order valence-electron chi connectivity index (χ2n) is 9.64. The molecule has 0 spiro atoms. The highest BCUT2D eigenvalue weighted by Gasteiger charge is 2.89. The molecule has 2 aliphatic rings. The van der Waals surface area contributed by atoms with Gasteiger partial charge < -0.3 is 14.2 Å². The highest BCUT2D eigenvalue weighted by Crippen LogP contribution is 2.61. The molecule has 2 saturated heterocycles. The fourth-order valence-electron chi connectivity index (χ4n) is 3.34. The lowest BCUT2D eigenvalue weighted by molar-refractivity contribution is -0.423. The number of epoxide rings is 2. The van der Waals surface area contributed by atoms with Crippen molar-refractivity contribution < 1.29 is 111 Å². The van der Waals surface area contributed by atoms with E-state index in [9.17, 15) is 96.6 Å². The predicted molar refractivity (Wildman–Crippen MR) is 89.1 cm³/mol. The van der Waals surface area contributed by atoms with E-state index in [0.717, 1.165) is 0 Å². The van der Waals surface area contributed by atoms with E-state index in [2.05, 4.69) is 14.2 Å². The zero-order valence-corrected chi connectivity index (χ0v) is 19.8. The van der Waals surface area contributed by atoms with E-state index < -0.39 is 110 Å². The summed E-state index contributed by atoms with van der Waals surface area (Å²) in [4.78, 5) is 0. The predicted octanol–water partition coefficient (Wildman–Crippen LogP) is 7.53. The zero-order valence-electron chi connectivity index (χ0n) is 19.8. The molecular formula is C18H12F22O3. The Hall–Kier alpha value is -1.66. The molecule has 2 aliphatic heterocycles. The number of hydrogen-bond acceptors (Lipinski definition) is 3. The van der Waals surface area contributed by atoms with Crippen molar-refractivity contribution in [2.24, 2.45) is 0 Å². The van der Waals surface area contributed by atoms with Crippen molar-refractivity contribution >= 4 is 0 Å². The van der Waals surface area contributed by atoms with Crippen molar-refractivity contribution in [3.63, 3.8) is 0 Å². The van der Waals surface area contributed by atoms with Gasteiger partial charge in [-0.3, -0.25) is 0 Å². The van der Waals surface area contributed by atoms with E-state index in [1.165, 1.54) is 0 Å². The quantitative estimate of drug-likeness (QED) is 0.139.